The number of fused-ring (bicyclic) bond motifs is 1. The number of carbonyl (C=O) groups is 1. The van der Waals surface area contributed by atoms with Gasteiger partial charge in [0.1, 0.15) is 0 Å². The van der Waals surface area contributed by atoms with E-state index in [4.69, 9.17) is 4.74 Å². The van der Waals surface area contributed by atoms with E-state index in [0.29, 0.717) is 0 Å². The molecule has 2 aliphatic rings. The Hall–Kier alpha value is -1.39. The van der Waals surface area contributed by atoms with Gasteiger partial charge in [0.15, 0.2) is 0 Å². The summed E-state index contributed by atoms with van der Waals surface area (Å²) in [4.78, 5) is 12.6. The van der Waals surface area contributed by atoms with Crippen LogP contribution in [0.4, 0.5) is 0 Å². The van der Waals surface area contributed by atoms with Crippen LogP contribution in [0.2, 0.25) is 0 Å². The molecule has 2 unspecified atom stereocenters. The highest BCUT2D eigenvalue weighted by atomic mass is 16.5. The summed E-state index contributed by atoms with van der Waals surface area (Å²) in [6.45, 7) is 1.60. The van der Waals surface area contributed by atoms with E-state index in [0.717, 1.165) is 32.4 Å². The first-order valence-corrected chi connectivity index (χ1v) is 7.41. The Balaban J connectivity index is 1.72. The first-order chi connectivity index (χ1) is 9.79. The van der Waals surface area contributed by atoms with Crippen molar-refractivity contribution in [1.29, 1.82) is 0 Å². The Bertz CT molecular complexity index is 489. The van der Waals surface area contributed by atoms with E-state index in [2.05, 4.69) is 28.8 Å². The van der Waals surface area contributed by atoms with Crippen molar-refractivity contribution in [2.75, 3.05) is 20.2 Å². The molecule has 1 aromatic rings. The zero-order valence-electron chi connectivity index (χ0n) is 11.9. The van der Waals surface area contributed by atoms with Crippen LogP contribution in [0.15, 0.2) is 24.3 Å². The third-order valence-electron chi connectivity index (χ3n) is 4.47. The molecular weight excluding hydrogens is 252 g/mol. The maximum Gasteiger partial charge on any atom is 0.227 e. The van der Waals surface area contributed by atoms with Gasteiger partial charge in [0.2, 0.25) is 5.91 Å². The summed E-state index contributed by atoms with van der Waals surface area (Å²) < 4.78 is 5.40. The molecule has 1 aliphatic heterocycles. The molecule has 0 radical (unpaired) electrons. The quantitative estimate of drug-likeness (QED) is 0.871. The van der Waals surface area contributed by atoms with Crippen molar-refractivity contribution in [3.8, 4) is 0 Å². The van der Waals surface area contributed by atoms with Crippen LogP contribution in [0.25, 0.3) is 0 Å². The van der Waals surface area contributed by atoms with Crippen LogP contribution >= 0.6 is 0 Å². The summed E-state index contributed by atoms with van der Waals surface area (Å²) >= 11 is 0. The Morgan fingerprint density at radius 3 is 3.05 bits per heavy atom. The normalized spacial score (nSPS) is 28.9. The average Bonchev–Trinajstić information content (AvgIpc) is 2.93. The van der Waals surface area contributed by atoms with Crippen molar-refractivity contribution in [1.82, 2.24) is 10.6 Å². The van der Waals surface area contributed by atoms with Gasteiger partial charge in [0.25, 0.3) is 0 Å². The molecule has 3 atom stereocenters. The first kappa shape index (κ1) is 13.6. The van der Waals surface area contributed by atoms with E-state index in [1.165, 1.54) is 11.1 Å². The van der Waals surface area contributed by atoms with Crippen molar-refractivity contribution >= 4 is 5.91 Å². The minimum absolute atomic E-state index is 0.00180. The second-order valence-corrected chi connectivity index (χ2v) is 5.69. The van der Waals surface area contributed by atoms with Gasteiger partial charge >= 0.3 is 0 Å². The van der Waals surface area contributed by atoms with Crippen molar-refractivity contribution in [2.45, 2.75) is 37.3 Å². The van der Waals surface area contributed by atoms with Crippen molar-refractivity contribution in [3.63, 3.8) is 0 Å². The topological polar surface area (TPSA) is 50.4 Å². The number of amides is 1. The highest BCUT2D eigenvalue weighted by molar-refractivity contribution is 5.84. The summed E-state index contributed by atoms with van der Waals surface area (Å²) in [7, 11) is 1.70. The fourth-order valence-corrected chi connectivity index (χ4v) is 3.36. The molecule has 4 nitrogen and oxygen atoms in total. The fraction of sp³-hybridized carbons (Fsp3) is 0.562. The molecular formula is C16H22N2O2. The molecule has 20 heavy (non-hydrogen) atoms. The monoisotopic (exact) mass is 274 g/mol. The Kier molecular flexibility index (Phi) is 4.03. The molecule has 108 valence electrons. The number of benzene rings is 1. The lowest BCUT2D eigenvalue weighted by Crippen LogP contribution is -2.45. The third kappa shape index (κ3) is 2.58. The molecule has 1 aliphatic carbocycles. The Labute approximate surface area is 119 Å². The predicted molar refractivity (Wildman–Crippen MR) is 77.7 cm³/mol. The summed E-state index contributed by atoms with van der Waals surface area (Å²) in [5.41, 5.74) is 2.53. The van der Waals surface area contributed by atoms with E-state index in [1.807, 2.05) is 6.07 Å². The largest absolute Gasteiger partial charge is 0.378 e. The lowest BCUT2D eigenvalue weighted by molar-refractivity contribution is -0.124. The average molecular weight is 274 g/mol. The molecule has 1 fully saturated rings. The molecule has 0 bridgehead atoms. The second-order valence-electron chi connectivity index (χ2n) is 5.69. The standard InChI is InChI=1S/C16H22N2O2/c1-20-15-10-17-9-14(15)18-16(19)13-8-4-6-11-5-2-3-7-12(11)13/h2-3,5,7,13-15,17H,4,6,8-10H2,1H3,(H,18,19)/t13?,14?,15-/m0/s1. The summed E-state index contributed by atoms with van der Waals surface area (Å²) in [6.07, 6.45) is 3.20. The van der Waals surface area contributed by atoms with E-state index >= 15 is 0 Å². The fourth-order valence-electron chi connectivity index (χ4n) is 3.36. The predicted octanol–water partition coefficient (Wildman–Crippen LogP) is 1.21. The van der Waals surface area contributed by atoms with E-state index < -0.39 is 0 Å². The molecule has 2 N–H and O–H groups in total. The van der Waals surface area contributed by atoms with Crippen LogP contribution in [-0.4, -0.2) is 38.3 Å². The minimum atomic E-state index is -0.00180. The minimum Gasteiger partial charge on any atom is -0.378 e. The summed E-state index contributed by atoms with van der Waals surface area (Å²) in [6, 6.07) is 8.41. The van der Waals surface area contributed by atoms with Crippen LogP contribution in [0, 0.1) is 0 Å². The number of aryl methyl sites for hydroxylation is 1. The van der Waals surface area contributed by atoms with Crippen molar-refractivity contribution in [3.05, 3.63) is 35.4 Å². The number of methoxy groups -OCH3 is 1. The van der Waals surface area contributed by atoms with Crippen LogP contribution < -0.4 is 10.6 Å². The SMILES string of the molecule is CO[C@H]1CNCC1NC(=O)C1CCCc2ccccc21. The van der Waals surface area contributed by atoms with Crippen LogP contribution in [0.5, 0.6) is 0 Å². The van der Waals surface area contributed by atoms with Gasteiger partial charge in [0, 0.05) is 20.2 Å². The van der Waals surface area contributed by atoms with Crippen molar-refractivity contribution in [2.24, 2.45) is 0 Å². The zero-order valence-corrected chi connectivity index (χ0v) is 11.9. The molecule has 1 amide bonds. The molecule has 0 saturated carbocycles. The number of nitrogens with one attached hydrogen (secondary N) is 2. The van der Waals surface area contributed by atoms with Gasteiger partial charge in [-0.1, -0.05) is 24.3 Å². The van der Waals surface area contributed by atoms with E-state index in [1.54, 1.807) is 7.11 Å². The highest BCUT2D eigenvalue weighted by Crippen LogP contribution is 2.31. The number of carbonyl (C=O) groups excluding carboxylic acids is 1. The van der Waals surface area contributed by atoms with Crippen LogP contribution in [0.3, 0.4) is 0 Å². The third-order valence-corrected chi connectivity index (χ3v) is 4.47. The van der Waals surface area contributed by atoms with Gasteiger partial charge in [-0.3, -0.25) is 4.79 Å². The van der Waals surface area contributed by atoms with Gasteiger partial charge in [0.05, 0.1) is 18.1 Å². The molecule has 1 heterocycles. The first-order valence-electron chi connectivity index (χ1n) is 7.41. The van der Waals surface area contributed by atoms with Gasteiger partial charge in [-0.15, -0.1) is 0 Å². The number of ether oxygens (including phenoxy) is 1. The Morgan fingerprint density at radius 1 is 1.35 bits per heavy atom. The maximum absolute atomic E-state index is 12.6. The van der Waals surface area contributed by atoms with E-state index in [-0.39, 0.29) is 24.0 Å². The lowest BCUT2D eigenvalue weighted by atomic mass is 9.82. The van der Waals surface area contributed by atoms with Crippen LogP contribution in [0.1, 0.15) is 29.9 Å². The number of rotatable bonds is 3. The van der Waals surface area contributed by atoms with Gasteiger partial charge in [-0.25, -0.2) is 0 Å². The number of hydrogen-bond acceptors (Lipinski definition) is 3. The number of hydrogen-bond donors (Lipinski definition) is 2. The van der Waals surface area contributed by atoms with Crippen LogP contribution in [-0.2, 0) is 16.0 Å². The summed E-state index contributed by atoms with van der Waals surface area (Å²) in [5, 5.41) is 6.43. The van der Waals surface area contributed by atoms with Gasteiger partial charge in [-0.05, 0) is 30.4 Å². The molecule has 0 spiro atoms. The molecule has 1 saturated heterocycles. The maximum atomic E-state index is 12.6. The highest BCUT2D eigenvalue weighted by Gasteiger charge is 2.32. The molecule has 4 heteroatoms. The molecule has 0 aromatic heterocycles. The summed E-state index contributed by atoms with van der Waals surface area (Å²) in [5.74, 6) is 0.144. The zero-order chi connectivity index (χ0) is 13.9. The van der Waals surface area contributed by atoms with E-state index in [9.17, 15) is 4.79 Å². The van der Waals surface area contributed by atoms with Gasteiger partial charge < -0.3 is 15.4 Å². The lowest BCUT2D eigenvalue weighted by Gasteiger charge is -2.27. The smallest absolute Gasteiger partial charge is 0.227 e. The molecule has 3 rings (SSSR count). The van der Waals surface area contributed by atoms with Crippen molar-refractivity contribution < 1.29 is 9.53 Å². The Morgan fingerprint density at radius 2 is 2.20 bits per heavy atom. The molecule has 1 aromatic carbocycles. The van der Waals surface area contributed by atoms with Gasteiger partial charge in [-0.2, -0.15) is 0 Å². The second kappa shape index (κ2) is 5.94.